The maximum absolute atomic E-state index is 5.26. The van der Waals surface area contributed by atoms with Gasteiger partial charge in [0.05, 0.1) is 17.6 Å². The number of ether oxygens (including phenoxy) is 1. The zero-order chi connectivity index (χ0) is 13.0. The highest BCUT2D eigenvalue weighted by Gasteiger charge is 2.23. The average molecular weight is 286 g/mol. The number of hydrogen-bond acceptors (Lipinski definition) is 5. The molecule has 0 saturated carbocycles. The third-order valence-electron chi connectivity index (χ3n) is 2.95. The fourth-order valence-corrected chi connectivity index (χ4v) is 4.53. The van der Waals surface area contributed by atoms with E-state index in [4.69, 9.17) is 9.72 Å². The number of aromatic nitrogens is 1. The Hall–Kier alpha value is -0.100. The van der Waals surface area contributed by atoms with Crippen molar-refractivity contribution in [2.45, 2.75) is 51.1 Å². The Morgan fingerprint density at radius 3 is 2.94 bits per heavy atom. The van der Waals surface area contributed by atoms with Gasteiger partial charge in [0.25, 0.3) is 0 Å². The summed E-state index contributed by atoms with van der Waals surface area (Å²) in [5, 5.41) is 5.39. The van der Waals surface area contributed by atoms with Crippen LogP contribution in [0.15, 0.2) is 0 Å². The van der Waals surface area contributed by atoms with Gasteiger partial charge in [0.1, 0.15) is 5.01 Å². The lowest BCUT2D eigenvalue weighted by molar-refractivity contribution is 0.181. The first-order chi connectivity index (χ1) is 8.70. The van der Waals surface area contributed by atoms with Gasteiger partial charge in [-0.05, 0) is 18.6 Å². The Bertz CT molecular complexity index is 373. The number of rotatable bonds is 6. The van der Waals surface area contributed by atoms with Gasteiger partial charge in [0.15, 0.2) is 0 Å². The Morgan fingerprint density at radius 2 is 2.33 bits per heavy atom. The van der Waals surface area contributed by atoms with E-state index < -0.39 is 0 Å². The molecule has 102 valence electrons. The quantitative estimate of drug-likeness (QED) is 0.869. The minimum Gasteiger partial charge on any atom is -0.378 e. The molecule has 5 heteroatoms. The maximum atomic E-state index is 5.26. The summed E-state index contributed by atoms with van der Waals surface area (Å²) in [4.78, 5) is 6.13. The number of methoxy groups -OCH3 is 1. The summed E-state index contributed by atoms with van der Waals surface area (Å²) in [6.45, 7) is 5.88. The van der Waals surface area contributed by atoms with Crippen LogP contribution >= 0.6 is 23.1 Å². The Kier molecular flexibility index (Phi) is 5.48. The van der Waals surface area contributed by atoms with Gasteiger partial charge in [-0.2, -0.15) is 11.8 Å². The molecular weight excluding hydrogens is 264 g/mol. The molecule has 0 aromatic carbocycles. The molecule has 1 N–H and O–H groups in total. The lowest BCUT2D eigenvalue weighted by Gasteiger charge is -2.07. The molecule has 3 nitrogen and oxygen atoms in total. The van der Waals surface area contributed by atoms with E-state index in [1.807, 2.05) is 23.1 Å². The van der Waals surface area contributed by atoms with Crippen molar-refractivity contribution in [3.05, 3.63) is 15.6 Å². The molecule has 0 bridgehead atoms. The third-order valence-corrected chi connectivity index (χ3v) is 5.70. The van der Waals surface area contributed by atoms with E-state index in [1.165, 1.54) is 28.5 Å². The predicted molar refractivity (Wildman–Crippen MR) is 79.2 cm³/mol. The van der Waals surface area contributed by atoms with Gasteiger partial charge in [0, 0.05) is 24.6 Å². The molecule has 0 amide bonds. The lowest BCUT2D eigenvalue weighted by Crippen LogP contribution is -2.21. The Morgan fingerprint density at radius 1 is 1.50 bits per heavy atom. The number of hydrogen-bond donors (Lipinski definition) is 1. The van der Waals surface area contributed by atoms with Gasteiger partial charge >= 0.3 is 0 Å². The highest BCUT2D eigenvalue weighted by atomic mass is 32.2. The largest absolute Gasteiger partial charge is 0.378 e. The van der Waals surface area contributed by atoms with Crippen molar-refractivity contribution in [1.29, 1.82) is 0 Å². The standard InChI is InChI=1S/C13H22N2OS2/c1-9(2)14-7-12-10(8-16-3)15-13(18-12)11-5-4-6-17-11/h9,11,14H,4-8H2,1-3H3. The highest BCUT2D eigenvalue weighted by molar-refractivity contribution is 7.99. The van der Waals surface area contributed by atoms with Gasteiger partial charge in [-0.15, -0.1) is 11.3 Å². The van der Waals surface area contributed by atoms with Crippen LogP contribution in [0.5, 0.6) is 0 Å². The molecule has 2 heterocycles. The van der Waals surface area contributed by atoms with Crippen molar-refractivity contribution in [3.63, 3.8) is 0 Å². The highest BCUT2D eigenvalue weighted by Crippen LogP contribution is 2.42. The second-order valence-electron chi connectivity index (χ2n) is 4.89. The second kappa shape index (κ2) is 6.89. The van der Waals surface area contributed by atoms with Crippen LogP contribution in [0, 0.1) is 0 Å². The van der Waals surface area contributed by atoms with Gasteiger partial charge in [-0.3, -0.25) is 0 Å². The van der Waals surface area contributed by atoms with E-state index in [0.29, 0.717) is 17.9 Å². The average Bonchev–Trinajstić information content (AvgIpc) is 2.95. The van der Waals surface area contributed by atoms with Crippen molar-refractivity contribution in [3.8, 4) is 0 Å². The molecule has 1 saturated heterocycles. The van der Waals surface area contributed by atoms with Crippen molar-refractivity contribution < 1.29 is 4.74 Å². The monoisotopic (exact) mass is 286 g/mol. The van der Waals surface area contributed by atoms with E-state index in [2.05, 4.69) is 19.2 Å². The molecular formula is C13H22N2OS2. The minimum atomic E-state index is 0.506. The minimum absolute atomic E-state index is 0.506. The SMILES string of the molecule is COCc1nc(C2CCCS2)sc1CNC(C)C. The first-order valence-electron chi connectivity index (χ1n) is 6.53. The zero-order valence-electron chi connectivity index (χ0n) is 11.4. The Labute approximate surface area is 118 Å². The molecule has 1 aliphatic heterocycles. The van der Waals surface area contributed by atoms with E-state index in [-0.39, 0.29) is 0 Å². The smallest absolute Gasteiger partial charge is 0.106 e. The fraction of sp³-hybridized carbons (Fsp3) is 0.769. The van der Waals surface area contributed by atoms with Gasteiger partial charge in [-0.1, -0.05) is 13.8 Å². The van der Waals surface area contributed by atoms with Crippen LogP contribution in [0.2, 0.25) is 0 Å². The van der Waals surface area contributed by atoms with Crippen LogP contribution in [0.1, 0.15) is 47.5 Å². The number of thiazole rings is 1. The Balaban J connectivity index is 2.09. The second-order valence-corrected chi connectivity index (χ2v) is 7.32. The van der Waals surface area contributed by atoms with E-state index in [9.17, 15) is 0 Å². The molecule has 1 aromatic heterocycles. The number of nitrogens with zero attached hydrogens (tertiary/aromatic N) is 1. The predicted octanol–water partition coefficient (Wildman–Crippen LogP) is 3.36. The summed E-state index contributed by atoms with van der Waals surface area (Å²) in [6.07, 6.45) is 2.61. The summed E-state index contributed by atoms with van der Waals surface area (Å²) in [7, 11) is 1.74. The molecule has 0 aliphatic carbocycles. The van der Waals surface area contributed by atoms with Crippen LogP contribution in [0.4, 0.5) is 0 Å². The topological polar surface area (TPSA) is 34.1 Å². The number of thioether (sulfide) groups is 1. The molecule has 18 heavy (non-hydrogen) atoms. The van der Waals surface area contributed by atoms with Crippen LogP contribution in [0.3, 0.4) is 0 Å². The summed E-state index contributed by atoms with van der Waals surface area (Å²) in [6, 6.07) is 0.506. The normalized spacial score (nSPS) is 19.9. The first-order valence-corrected chi connectivity index (χ1v) is 8.39. The zero-order valence-corrected chi connectivity index (χ0v) is 13.0. The summed E-state index contributed by atoms with van der Waals surface area (Å²) in [5.41, 5.74) is 1.12. The summed E-state index contributed by atoms with van der Waals surface area (Å²) in [5.74, 6) is 1.28. The molecule has 1 aliphatic rings. The first kappa shape index (κ1) is 14.3. The molecule has 1 unspecified atom stereocenters. The van der Waals surface area contributed by atoms with Crippen molar-refractivity contribution in [2.75, 3.05) is 12.9 Å². The van der Waals surface area contributed by atoms with Gasteiger partial charge in [0.2, 0.25) is 0 Å². The van der Waals surface area contributed by atoms with Crippen LogP contribution in [-0.4, -0.2) is 23.9 Å². The van der Waals surface area contributed by atoms with Crippen molar-refractivity contribution in [1.82, 2.24) is 10.3 Å². The maximum Gasteiger partial charge on any atom is 0.106 e. The molecule has 1 atom stereocenters. The summed E-state index contributed by atoms with van der Waals surface area (Å²) >= 11 is 3.91. The van der Waals surface area contributed by atoms with E-state index in [1.54, 1.807) is 7.11 Å². The van der Waals surface area contributed by atoms with Crippen LogP contribution in [-0.2, 0) is 17.9 Å². The van der Waals surface area contributed by atoms with Crippen molar-refractivity contribution >= 4 is 23.1 Å². The van der Waals surface area contributed by atoms with E-state index >= 15 is 0 Å². The molecule has 1 fully saturated rings. The fourth-order valence-electron chi connectivity index (χ4n) is 2.00. The van der Waals surface area contributed by atoms with Crippen LogP contribution in [0.25, 0.3) is 0 Å². The van der Waals surface area contributed by atoms with Gasteiger partial charge < -0.3 is 10.1 Å². The summed E-state index contributed by atoms with van der Waals surface area (Å²) < 4.78 is 5.26. The molecule has 0 radical (unpaired) electrons. The molecule has 0 spiro atoms. The number of nitrogens with one attached hydrogen (secondary N) is 1. The molecule has 1 aromatic rings. The van der Waals surface area contributed by atoms with Crippen LogP contribution < -0.4 is 5.32 Å². The van der Waals surface area contributed by atoms with Crippen molar-refractivity contribution in [2.24, 2.45) is 0 Å². The molecule has 2 rings (SSSR count). The lowest BCUT2D eigenvalue weighted by atomic mass is 10.2. The van der Waals surface area contributed by atoms with Gasteiger partial charge in [-0.25, -0.2) is 4.98 Å². The van der Waals surface area contributed by atoms with E-state index in [0.717, 1.165) is 12.2 Å². The third kappa shape index (κ3) is 3.70.